The number of carbonyl (C=O) groups excluding carboxylic acids is 1. The van der Waals surface area contributed by atoms with Crippen LogP contribution in [0.25, 0.3) is 0 Å². The fraction of sp³-hybridized carbons (Fsp3) is 0.611. The lowest BCUT2D eigenvalue weighted by Crippen LogP contribution is -2.50. The van der Waals surface area contributed by atoms with Crippen molar-refractivity contribution >= 4 is 17.3 Å². The van der Waals surface area contributed by atoms with Crippen molar-refractivity contribution in [1.82, 2.24) is 0 Å². The molecule has 118 valence electrons. The quantitative estimate of drug-likeness (QED) is 0.664. The summed E-state index contributed by atoms with van der Waals surface area (Å²) in [5.41, 5.74) is 13.5. The number of anilines is 2. The molecule has 5 rings (SSSR count). The Labute approximate surface area is 131 Å². The average molecular weight is 300 g/mol. The number of rotatable bonds is 3. The van der Waals surface area contributed by atoms with Gasteiger partial charge >= 0.3 is 5.97 Å². The fourth-order valence-electron chi connectivity index (χ4n) is 5.49. The molecule has 4 bridgehead atoms. The molecule has 0 unspecified atom stereocenters. The molecule has 0 aliphatic heterocycles. The molecular formula is C18H24N2O2. The Balaban J connectivity index is 1.46. The van der Waals surface area contributed by atoms with Crippen LogP contribution in [0.3, 0.4) is 0 Å². The van der Waals surface area contributed by atoms with Gasteiger partial charge in [-0.05, 0) is 80.0 Å². The lowest BCUT2D eigenvalue weighted by atomic mass is 9.49. The molecule has 1 aromatic carbocycles. The van der Waals surface area contributed by atoms with E-state index in [1.165, 1.54) is 19.3 Å². The zero-order valence-electron chi connectivity index (χ0n) is 12.9. The molecule has 0 spiro atoms. The molecule has 4 fully saturated rings. The van der Waals surface area contributed by atoms with Gasteiger partial charge in [0.25, 0.3) is 0 Å². The van der Waals surface area contributed by atoms with Crippen molar-refractivity contribution in [2.75, 3.05) is 11.5 Å². The molecule has 4 saturated carbocycles. The van der Waals surface area contributed by atoms with Crippen molar-refractivity contribution < 1.29 is 9.53 Å². The van der Waals surface area contributed by atoms with Crippen LogP contribution in [-0.4, -0.2) is 5.97 Å². The van der Waals surface area contributed by atoms with Gasteiger partial charge in [-0.25, -0.2) is 0 Å². The minimum atomic E-state index is -0.194. The maximum absolute atomic E-state index is 12.8. The van der Waals surface area contributed by atoms with Gasteiger partial charge in [-0.1, -0.05) is 0 Å². The van der Waals surface area contributed by atoms with Crippen LogP contribution < -0.4 is 11.5 Å². The predicted molar refractivity (Wildman–Crippen MR) is 85.7 cm³/mol. The lowest BCUT2D eigenvalue weighted by Gasteiger charge is -2.55. The molecule has 1 aromatic rings. The van der Waals surface area contributed by atoms with E-state index in [0.717, 1.165) is 42.6 Å². The molecular weight excluding hydrogens is 276 g/mol. The van der Waals surface area contributed by atoms with E-state index in [1.807, 2.05) is 12.1 Å². The second-order valence-electron chi connectivity index (χ2n) is 7.78. The van der Waals surface area contributed by atoms with Gasteiger partial charge in [-0.2, -0.15) is 0 Å². The average Bonchev–Trinajstić information content (AvgIpc) is 2.42. The van der Waals surface area contributed by atoms with Crippen LogP contribution in [0.1, 0.15) is 44.1 Å². The summed E-state index contributed by atoms with van der Waals surface area (Å²) in [6.07, 6.45) is 7.11. The zero-order chi connectivity index (χ0) is 15.3. The molecule has 0 aromatic heterocycles. The van der Waals surface area contributed by atoms with Crippen molar-refractivity contribution in [3.05, 3.63) is 23.8 Å². The highest BCUT2D eigenvalue weighted by atomic mass is 16.5. The highest BCUT2D eigenvalue weighted by Gasteiger charge is 2.55. The monoisotopic (exact) mass is 300 g/mol. The van der Waals surface area contributed by atoms with Gasteiger partial charge < -0.3 is 16.2 Å². The van der Waals surface area contributed by atoms with E-state index in [2.05, 4.69) is 0 Å². The fourth-order valence-corrected chi connectivity index (χ4v) is 5.49. The van der Waals surface area contributed by atoms with Crippen LogP contribution in [0.15, 0.2) is 18.2 Å². The molecule has 0 atom stereocenters. The number of esters is 1. The van der Waals surface area contributed by atoms with E-state index in [9.17, 15) is 4.79 Å². The van der Waals surface area contributed by atoms with E-state index in [4.69, 9.17) is 16.2 Å². The van der Waals surface area contributed by atoms with Gasteiger partial charge in [-0.3, -0.25) is 4.79 Å². The number of nitrogens with two attached hydrogens (primary N) is 2. The Hall–Kier alpha value is -1.71. The number of benzene rings is 1. The van der Waals surface area contributed by atoms with Gasteiger partial charge in [0.15, 0.2) is 0 Å². The Bertz CT molecular complexity index is 556. The molecule has 0 radical (unpaired) electrons. The van der Waals surface area contributed by atoms with E-state index < -0.39 is 0 Å². The third kappa shape index (κ3) is 2.34. The van der Waals surface area contributed by atoms with Crippen molar-refractivity contribution in [1.29, 1.82) is 0 Å². The number of hydrogen-bond acceptors (Lipinski definition) is 4. The lowest BCUT2D eigenvalue weighted by molar-refractivity contribution is -0.172. The van der Waals surface area contributed by atoms with E-state index in [1.54, 1.807) is 6.07 Å². The summed E-state index contributed by atoms with van der Waals surface area (Å²) in [5.74, 6) is 2.26. The van der Waals surface area contributed by atoms with Gasteiger partial charge in [0.05, 0.1) is 5.41 Å². The van der Waals surface area contributed by atoms with Gasteiger partial charge in [0.1, 0.15) is 6.61 Å². The van der Waals surface area contributed by atoms with Gasteiger partial charge in [0.2, 0.25) is 0 Å². The van der Waals surface area contributed by atoms with Gasteiger partial charge in [-0.15, -0.1) is 0 Å². The smallest absolute Gasteiger partial charge is 0.312 e. The van der Waals surface area contributed by atoms with E-state index in [-0.39, 0.29) is 18.0 Å². The molecule has 0 saturated heterocycles. The predicted octanol–water partition coefficient (Wildman–Crippen LogP) is 3.11. The molecule has 4 aliphatic rings. The molecule has 0 amide bonds. The Morgan fingerprint density at radius 3 is 2.00 bits per heavy atom. The third-order valence-corrected chi connectivity index (χ3v) is 5.88. The largest absolute Gasteiger partial charge is 0.460 e. The van der Waals surface area contributed by atoms with Crippen molar-refractivity contribution in [3.8, 4) is 0 Å². The number of nitrogen functional groups attached to an aromatic ring is 2. The first kappa shape index (κ1) is 13.9. The van der Waals surface area contributed by atoms with E-state index in [0.29, 0.717) is 11.4 Å². The zero-order valence-corrected chi connectivity index (χ0v) is 12.9. The minimum Gasteiger partial charge on any atom is -0.460 e. The van der Waals surface area contributed by atoms with Crippen LogP contribution in [0.5, 0.6) is 0 Å². The van der Waals surface area contributed by atoms with Crippen LogP contribution >= 0.6 is 0 Å². The molecule has 4 nitrogen and oxygen atoms in total. The summed E-state index contributed by atoms with van der Waals surface area (Å²) >= 11 is 0. The number of carbonyl (C=O) groups is 1. The summed E-state index contributed by atoms with van der Waals surface area (Å²) in [5, 5.41) is 0. The molecule has 4 aliphatic carbocycles. The first-order valence-corrected chi connectivity index (χ1v) is 8.34. The summed E-state index contributed by atoms with van der Waals surface area (Å²) < 4.78 is 5.67. The first-order valence-electron chi connectivity index (χ1n) is 8.34. The second kappa shape index (κ2) is 4.90. The van der Waals surface area contributed by atoms with Crippen LogP contribution in [0, 0.1) is 23.2 Å². The van der Waals surface area contributed by atoms with Crippen molar-refractivity contribution in [3.63, 3.8) is 0 Å². The maximum atomic E-state index is 12.8. The van der Waals surface area contributed by atoms with Crippen molar-refractivity contribution in [2.45, 2.75) is 45.1 Å². The Kier molecular flexibility index (Phi) is 3.10. The van der Waals surface area contributed by atoms with Crippen LogP contribution in [-0.2, 0) is 16.1 Å². The summed E-state index contributed by atoms with van der Waals surface area (Å²) in [6, 6.07) is 5.36. The molecule has 0 heterocycles. The Morgan fingerprint density at radius 1 is 1.00 bits per heavy atom. The normalized spacial score (nSPS) is 35.5. The highest BCUT2D eigenvalue weighted by Crippen LogP contribution is 2.60. The minimum absolute atomic E-state index is 0.00703. The van der Waals surface area contributed by atoms with Crippen molar-refractivity contribution in [2.24, 2.45) is 23.2 Å². The SMILES string of the molecule is Nc1cc(N)cc(COC(=O)C23CC4CC(CC(C4)C2)C3)c1. The Morgan fingerprint density at radius 2 is 1.50 bits per heavy atom. The van der Waals surface area contributed by atoms with E-state index >= 15 is 0 Å². The molecule has 22 heavy (non-hydrogen) atoms. The summed E-state index contributed by atoms with van der Waals surface area (Å²) in [6.45, 7) is 0.274. The van der Waals surface area contributed by atoms with Gasteiger partial charge in [0, 0.05) is 11.4 Å². The molecule has 4 N–H and O–H groups in total. The summed E-state index contributed by atoms with van der Waals surface area (Å²) in [7, 11) is 0. The standard InChI is InChI=1S/C18H24N2O2/c19-15-4-14(5-16(20)6-15)10-22-17(21)18-7-11-1-12(8-18)3-13(2-11)9-18/h4-6,11-13H,1-3,7-10,19-20H2. The third-order valence-electron chi connectivity index (χ3n) is 5.88. The molecule has 4 heteroatoms. The topological polar surface area (TPSA) is 78.3 Å². The first-order chi connectivity index (χ1) is 10.5. The number of hydrogen-bond donors (Lipinski definition) is 2. The summed E-state index contributed by atoms with van der Waals surface area (Å²) in [4.78, 5) is 12.8. The maximum Gasteiger partial charge on any atom is 0.312 e. The van der Waals surface area contributed by atoms with Crippen LogP contribution in [0.2, 0.25) is 0 Å². The van der Waals surface area contributed by atoms with Crippen LogP contribution in [0.4, 0.5) is 11.4 Å². The number of ether oxygens (including phenoxy) is 1. The second-order valence-corrected chi connectivity index (χ2v) is 7.78. The highest BCUT2D eigenvalue weighted by molar-refractivity contribution is 5.77.